The van der Waals surface area contributed by atoms with Crippen molar-refractivity contribution in [3.8, 4) is 0 Å². The fourth-order valence-electron chi connectivity index (χ4n) is 4.06. The van der Waals surface area contributed by atoms with Crippen LogP contribution in [0.15, 0.2) is 94.4 Å². The number of anilines is 2. The quantitative estimate of drug-likeness (QED) is 0.261. The predicted molar refractivity (Wildman–Crippen MR) is 152 cm³/mol. The zero-order valence-electron chi connectivity index (χ0n) is 20.8. The van der Waals surface area contributed by atoms with Gasteiger partial charge in [-0.05, 0) is 78.7 Å². The molecule has 0 unspecified atom stereocenters. The van der Waals surface area contributed by atoms with E-state index >= 15 is 0 Å². The molecule has 1 fully saturated rings. The van der Waals surface area contributed by atoms with Crippen LogP contribution in [-0.4, -0.2) is 30.9 Å². The molecule has 1 aromatic heterocycles. The van der Waals surface area contributed by atoms with Gasteiger partial charge in [-0.1, -0.05) is 29.8 Å². The first-order chi connectivity index (χ1) is 18.7. The molecule has 11 heteroatoms. The molecule has 2 amide bonds. The van der Waals surface area contributed by atoms with Crippen molar-refractivity contribution in [3.05, 3.63) is 113 Å². The molecule has 1 atom stereocenters. The molecule has 8 nitrogen and oxygen atoms in total. The Bertz CT molecular complexity index is 1610. The zero-order valence-corrected chi connectivity index (χ0v) is 23.1. The Morgan fingerprint density at radius 3 is 2.44 bits per heavy atom. The molecule has 200 valence electrons. The molecule has 1 saturated heterocycles. The average Bonchev–Trinajstić information content (AvgIpc) is 3.57. The van der Waals surface area contributed by atoms with E-state index in [1.165, 1.54) is 36.0 Å². The Labute approximate surface area is 235 Å². The SMILES string of the molecule is Cc1ccc(NS(=O)(=O)c2ccc(NC(=O)c3ccc([C@H]4SCC(=O)N4Cc4ccco4)cc3)cc2)cc1Cl. The van der Waals surface area contributed by atoms with Crippen molar-refractivity contribution in [2.75, 3.05) is 15.8 Å². The normalized spacial score (nSPS) is 15.4. The largest absolute Gasteiger partial charge is 0.467 e. The molecule has 2 heterocycles. The number of rotatable bonds is 8. The van der Waals surface area contributed by atoms with Gasteiger partial charge in [0.2, 0.25) is 5.91 Å². The van der Waals surface area contributed by atoms with E-state index in [1.54, 1.807) is 47.6 Å². The van der Waals surface area contributed by atoms with Crippen LogP contribution in [0.2, 0.25) is 5.02 Å². The van der Waals surface area contributed by atoms with Gasteiger partial charge in [0.05, 0.1) is 29.1 Å². The van der Waals surface area contributed by atoms with Gasteiger partial charge in [-0.15, -0.1) is 11.8 Å². The summed E-state index contributed by atoms with van der Waals surface area (Å²) in [6.07, 6.45) is 1.58. The summed E-state index contributed by atoms with van der Waals surface area (Å²) in [4.78, 5) is 27.0. The number of hydrogen-bond acceptors (Lipinski definition) is 6. The van der Waals surface area contributed by atoms with Crippen molar-refractivity contribution in [3.63, 3.8) is 0 Å². The zero-order chi connectivity index (χ0) is 27.6. The maximum atomic E-state index is 12.8. The molecular weight excluding hydrogens is 558 g/mol. The van der Waals surface area contributed by atoms with Crippen LogP contribution in [0.1, 0.15) is 32.6 Å². The van der Waals surface area contributed by atoms with Crippen LogP contribution in [0, 0.1) is 6.92 Å². The highest BCUT2D eigenvalue weighted by atomic mass is 35.5. The lowest BCUT2D eigenvalue weighted by Gasteiger charge is -2.23. The van der Waals surface area contributed by atoms with E-state index in [1.807, 2.05) is 25.1 Å². The molecule has 0 aliphatic carbocycles. The highest BCUT2D eigenvalue weighted by Crippen LogP contribution is 2.39. The van der Waals surface area contributed by atoms with Crippen molar-refractivity contribution in [1.82, 2.24) is 4.90 Å². The highest BCUT2D eigenvalue weighted by molar-refractivity contribution is 8.00. The minimum absolute atomic E-state index is 0.0338. The molecule has 2 N–H and O–H groups in total. The number of hydrogen-bond donors (Lipinski definition) is 2. The van der Waals surface area contributed by atoms with Crippen LogP contribution in [0.4, 0.5) is 11.4 Å². The van der Waals surface area contributed by atoms with Gasteiger partial charge in [-0.25, -0.2) is 8.42 Å². The summed E-state index contributed by atoms with van der Waals surface area (Å²) in [5, 5.41) is 3.07. The van der Waals surface area contributed by atoms with Crippen LogP contribution in [0.3, 0.4) is 0 Å². The molecule has 0 saturated carbocycles. The summed E-state index contributed by atoms with van der Waals surface area (Å²) in [6, 6.07) is 21.5. The third-order valence-corrected chi connectivity index (χ3v) is 9.24. The fourth-order valence-corrected chi connectivity index (χ4v) is 6.48. The number of carbonyl (C=O) groups is 2. The molecule has 5 rings (SSSR count). The van der Waals surface area contributed by atoms with E-state index in [0.29, 0.717) is 40.0 Å². The Hall–Kier alpha value is -3.73. The smallest absolute Gasteiger partial charge is 0.261 e. The topological polar surface area (TPSA) is 109 Å². The van der Waals surface area contributed by atoms with Gasteiger partial charge >= 0.3 is 0 Å². The molecule has 0 spiro atoms. The second-order valence-corrected chi connectivity index (χ2v) is 12.1. The number of nitrogens with one attached hydrogen (secondary N) is 2. The van der Waals surface area contributed by atoms with E-state index in [-0.39, 0.29) is 22.1 Å². The van der Waals surface area contributed by atoms with Gasteiger partial charge in [0.15, 0.2) is 0 Å². The van der Waals surface area contributed by atoms with Crippen molar-refractivity contribution in [2.45, 2.75) is 23.7 Å². The Balaban J connectivity index is 1.23. The summed E-state index contributed by atoms with van der Waals surface area (Å²) in [6.45, 7) is 2.21. The van der Waals surface area contributed by atoms with Crippen molar-refractivity contribution in [2.24, 2.45) is 0 Å². The van der Waals surface area contributed by atoms with Gasteiger partial charge in [0.25, 0.3) is 15.9 Å². The van der Waals surface area contributed by atoms with Gasteiger partial charge in [-0.2, -0.15) is 0 Å². The number of sulfonamides is 1. The number of amides is 2. The summed E-state index contributed by atoms with van der Waals surface area (Å²) in [5.41, 5.74) is 2.99. The number of nitrogens with zero attached hydrogens (tertiary/aromatic N) is 1. The molecule has 3 aromatic carbocycles. The Kier molecular flexibility index (Phi) is 7.69. The molecule has 0 bridgehead atoms. The van der Waals surface area contributed by atoms with Crippen LogP contribution >= 0.6 is 23.4 Å². The lowest BCUT2D eigenvalue weighted by Crippen LogP contribution is -2.27. The number of halogens is 1. The number of thioether (sulfide) groups is 1. The van der Waals surface area contributed by atoms with Gasteiger partial charge in [-0.3, -0.25) is 14.3 Å². The first kappa shape index (κ1) is 26.9. The third-order valence-electron chi connectivity index (χ3n) is 6.18. The lowest BCUT2D eigenvalue weighted by molar-refractivity contribution is -0.128. The molecule has 0 radical (unpaired) electrons. The van der Waals surface area contributed by atoms with Crippen LogP contribution in [0.25, 0.3) is 0 Å². The monoisotopic (exact) mass is 581 g/mol. The Morgan fingerprint density at radius 2 is 1.77 bits per heavy atom. The summed E-state index contributed by atoms with van der Waals surface area (Å²) >= 11 is 7.62. The van der Waals surface area contributed by atoms with Crippen molar-refractivity contribution < 1.29 is 22.4 Å². The lowest BCUT2D eigenvalue weighted by atomic mass is 10.1. The maximum absolute atomic E-state index is 12.8. The second-order valence-electron chi connectivity index (χ2n) is 8.93. The van der Waals surface area contributed by atoms with Crippen molar-refractivity contribution >= 4 is 56.6 Å². The third kappa shape index (κ3) is 6.13. The molecule has 1 aliphatic rings. The number of furan rings is 1. The van der Waals surface area contributed by atoms with E-state index < -0.39 is 10.0 Å². The summed E-state index contributed by atoms with van der Waals surface area (Å²) in [5.74, 6) is 0.785. The van der Waals surface area contributed by atoms with Gasteiger partial charge < -0.3 is 14.6 Å². The van der Waals surface area contributed by atoms with Crippen LogP contribution < -0.4 is 10.0 Å². The van der Waals surface area contributed by atoms with Crippen LogP contribution in [-0.2, 0) is 21.4 Å². The Morgan fingerprint density at radius 1 is 1.05 bits per heavy atom. The van der Waals surface area contributed by atoms with E-state index in [2.05, 4.69) is 10.0 Å². The minimum atomic E-state index is -3.84. The minimum Gasteiger partial charge on any atom is -0.467 e. The second kappa shape index (κ2) is 11.2. The molecule has 39 heavy (non-hydrogen) atoms. The number of aryl methyl sites for hydroxylation is 1. The standard InChI is InChI=1S/C28H24ClN3O5S2/c1-18-4-9-22(15-25(18)29)31-39(35,36)24-12-10-21(11-13-24)30-27(34)19-5-7-20(8-6-19)28-32(26(33)17-38-28)16-23-3-2-14-37-23/h2-15,28,31H,16-17H2,1H3,(H,30,34)/t28-/m1/s1. The molecule has 4 aromatic rings. The summed E-state index contributed by atoms with van der Waals surface area (Å²) < 4.78 is 33.4. The van der Waals surface area contributed by atoms with Gasteiger partial charge in [0, 0.05) is 16.3 Å². The first-order valence-electron chi connectivity index (χ1n) is 11.9. The molecular formula is C28H24ClN3O5S2. The highest BCUT2D eigenvalue weighted by Gasteiger charge is 2.33. The fraction of sp³-hybridized carbons (Fsp3) is 0.143. The number of carbonyl (C=O) groups excluding carboxylic acids is 2. The predicted octanol–water partition coefficient (Wildman–Crippen LogP) is 6.07. The van der Waals surface area contributed by atoms with Gasteiger partial charge in [0.1, 0.15) is 11.1 Å². The maximum Gasteiger partial charge on any atom is 0.261 e. The van der Waals surface area contributed by atoms with E-state index in [4.69, 9.17) is 16.0 Å². The first-order valence-corrected chi connectivity index (χ1v) is 14.8. The summed E-state index contributed by atoms with van der Waals surface area (Å²) in [7, 11) is -3.84. The molecule has 1 aliphatic heterocycles. The van der Waals surface area contributed by atoms with Crippen LogP contribution in [0.5, 0.6) is 0 Å². The average molecular weight is 582 g/mol. The van der Waals surface area contributed by atoms with E-state index in [9.17, 15) is 18.0 Å². The van der Waals surface area contributed by atoms with E-state index in [0.717, 1.165) is 11.1 Å². The number of benzene rings is 3. The van der Waals surface area contributed by atoms with Crippen molar-refractivity contribution in [1.29, 1.82) is 0 Å².